The third-order valence-electron chi connectivity index (χ3n) is 6.85. The van der Waals surface area contributed by atoms with Crippen molar-refractivity contribution >= 4 is 45.4 Å². The highest BCUT2D eigenvalue weighted by atomic mass is 35.5. The molecule has 2 aromatic heterocycles. The topological polar surface area (TPSA) is 125 Å². The highest BCUT2D eigenvalue weighted by Crippen LogP contribution is 2.37. The van der Waals surface area contributed by atoms with Crippen LogP contribution in [0.3, 0.4) is 0 Å². The quantitative estimate of drug-likeness (QED) is 0.167. The maximum atomic E-state index is 16.2. The van der Waals surface area contributed by atoms with Gasteiger partial charge in [0.2, 0.25) is 0 Å². The summed E-state index contributed by atoms with van der Waals surface area (Å²) in [6, 6.07) is 12.3. The van der Waals surface area contributed by atoms with Gasteiger partial charge in [-0.05, 0) is 31.3 Å². The van der Waals surface area contributed by atoms with E-state index in [1.165, 1.54) is 0 Å². The van der Waals surface area contributed by atoms with Crippen LogP contribution >= 0.6 is 11.6 Å². The average molecular weight is 537 g/mol. The van der Waals surface area contributed by atoms with E-state index >= 15 is 4.39 Å². The Morgan fingerprint density at radius 2 is 1.92 bits per heavy atom. The summed E-state index contributed by atoms with van der Waals surface area (Å²) in [6.07, 6.45) is 4.70. The highest BCUT2D eigenvalue weighted by Gasteiger charge is 2.34. The Bertz CT molecular complexity index is 1450. The summed E-state index contributed by atoms with van der Waals surface area (Å²) in [5.41, 5.74) is 5.43. The van der Waals surface area contributed by atoms with E-state index in [-0.39, 0.29) is 17.2 Å². The van der Waals surface area contributed by atoms with Crippen molar-refractivity contribution < 1.29 is 9.13 Å². The molecule has 5 N–H and O–H groups in total. The molecule has 2 unspecified atom stereocenters. The minimum Gasteiger partial charge on any atom is -0.462 e. The fourth-order valence-corrected chi connectivity index (χ4v) is 5.51. The van der Waals surface area contributed by atoms with E-state index < -0.39 is 5.82 Å². The van der Waals surface area contributed by atoms with Crippen LogP contribution in [0.1, 0.15) is 12.8 Å². The van der Waals surface area contributed by atoms with E-state index in [1.807, 2.05) is 37.4 Å². The van der Waals surface area contributed by atoms with Crippen LogP contribution in [0.4, 0.5) is 10.2 Å². The fraction of sp³-hybridized carbons (Fsp3) is 0.333. The Morgan fingerprint density at radius 3 is 2.63 bits per heavy atom. The number of nitrogens with two attached hydrogens (primary N) is 1. The SMILES string of the molecule is CNCCOc1nc(N2CC3CCC(C2)N3)c2cnc(-c3cccc4cccc(Cl)c34)c(F)c2n1.N=CN. The second-order valence-corrected chi connectivity index (χ2v) is 9.73. The average Bonchev–Trinajstić information content (AvgIpc) is 3.26. The number of hydrogen-bond acceptors (Lipinski definition) is 8. The Labute approximate surface area is 225 Å². The zero-order chi connectivity index (χ0) is 26.6. The van der Waals surface area contributed by atoms with Crippen molar-refractivity contribution in [2.75, 3.05) is 38.2 Å². The van der Waals surface area contributed by atoms with Gasteiger partial charge in [0, 0.05) is 53.9 Å². The standard InChI is InChI=1S/C26H26ClFN6O.CH4N2/c1-29-10-11-35-26-32-24-19(25(33-26)34-13-16-8-9-17(14-34)31-16)12-30-23(22(24)28)18-6-2-4-15-5-3-7-20(27)21(15)18;2-1-3/h2-7,12,16-17,29,31H,8-11,13-14H2,1H3;1H,(H3,2,3). The summed E-state index contributed by atoms with van der Waals surface area (Å²) in [5, 5.41) is 15.4. The molecule has 198 valence electrons. The molecule has 2 aliphatic rings. The van der Waals surface area contributed by atoms with Crippen LogP contribution in [0.5, 0.6) is 6.01 Å². The van der Waals surface area contributed by atoms with Crippen molar-refractivity contribution in [2.24, 2.45) is 5.73 Å². The van der Waals surface area contributed by atoms with Gasteiger partial charge < -0.3 is 26.0 Å². The molecule has 2 aliphatic heterocycles. The van der Waals surface area contributed by atoms with Crippen LogP contribution in [-0.2, 0) is 0 Å². The fourth-order valence-electron chi connectivity index (χ4n) is 5.22. The maximum absolute atomic E-state index is 16.2. The largest absolute Gasteiger partial charge is 0.462 e. The van der Waals surface area contributed by atoms with Gasteiger partial charge in [-0.3, -0.25) is 10.4 Å². The Morgan fingerprint density at radius 1 is 1.21 bits per heavy atom. The van der Waals surface area contributed by atoms with Gasteiger partial charge in [-0.1, -0.05) is 41.9 Å². The Kier molecular flexibility index (Phi) is 7.82. The van der Waals surface area contributed by atoms with Crippen molar-refractivity contribution in [1.82, 2.24) is 25.6 Å². The van der Waals surface area contributed by atoms with Crippen molar-refractivity contribution in [3.63, 3.8) is 0 Å². The summed E-state index contributed by atoms with van der Waals surface area (Å²) >= 11 is 6.52. The molecule has 2 atom stereocenters. The molecule has 0 spiro atoms. The molecule has 0 amide bonds. The van der Waals surface area contributed by atoms with Crippen LogP contribution < -0.4 is 26.0 Å². The normalized spacial score (nSPS) is 18.3. The van der Waals surface area contributed by atoms with Gasteiger partial charge >= 0.3 is 6.01 Å². The van der Waals surface area contributed by atoms with Gasteiger partial charge in [-0.2, -0.15) is 9.97 Å². The molecule has 4 aromatic rings. The molecule has 0 aliphatic carbocycles. The van der Waals surface area contributed by atoms with Crippen LogP contribution in [0.15, 0.2) is 42.6 Å². The second kappa shape index (κ2) is 11.4. The van der Waals surface area contributed by atoms with Crippen molar-refractivity contribution in [3.8, 4) is 17.3 Å². The molecule has 0 saturated carbocycles. The number of nitrogens with one attached hydrogen (secondary N) is 3. The first-order valence-corrected chi connectivity index (χ1v) is 12.9. The predicted octanol–water partition coefficient (Wildman–Crippen LogP) is 3.73. The number of rotatable bonds is 6. The van der Waals surface area contributed by atoms with Gasteiger partial charge in [0.25, 0.3) is 0 Å². The maximum Gasteiger partial charge on any atom is 0.319 e. The smallest absolute Gasteiger partial charge is 0.319 e. The zero-order valence-electron chi connectivity index (χ0n) is 21.0. The number of aromatic nitrogens is 3. The minimum atomic E-state index is -0.504. The molecule has 2 aromatic carbocycles. The molecular formula is C27H30ClFN8O. The molecule has 38 heavy (non-hydrogen) atoms. The van der Waals surface area contributed by atoms with Crippen molar-refractivity contribution in [1.29, 1.82) is 5.41 Å². The number of ether oxygens (including phenoxy) is 1. The number of benzene rings is 2. The van der Waals surface area contributed by atoms with Gasteiger partial charge in [0.05, 0.1) is 11.7 Å². The Hall–Kier alpha value is -3.60. The van der Waals surface area contributed by atoms with Gasteiger partial charge in [0.15, 0.2) is 5.82 Å². The summed E-state index contributed by atoms with van der Waals surface area (Å²) < 4.78 is 22.0. The predicted molar refractivity (Wildman–Crippen MR) is 150 cm³/mol. The molecule has 6 rings (SSSR count). The summed E-state index contributed by atoms with van der Waals surface area (Å²) in [7, 11) is 1.85. The van der Waals surface area contributed by atoms with Crippen LogP contribution in [0, 0.1) is 11.2 Å². The molecule has 9 nitrogen and oxygen atoms in total. The van der Waals surface area contributed by atoms with E-state index in [1.54, 1.807) is 12.3 Å². The van der Waals surface area contributed by atoms with E-state index in [4.69, 9.17) is 26.7 Å². The second-order valence-electron chi connectivity index (χ2n) is 9.32. The monoisotopic (exact) mass is 536 g/mol. The molecule has 2 fully saturated rings. The van der Waals surface area contributed by atoms with Gasteiger partial charge in [-0.15, -0.1) is 0 Å². The van der Waals surface area contributed by atoms with Crippen molar-refractivity contribution in [2.45, 2.75) is 24.9 Å². The molecule has 0 radical (unpaired) electrons. The Balaban J connectivity index is 0.000000937. The van der Waals surface area contributed by atoms with Gasteiger partial charge in [0.1, 0.15) is 23.6 Å². The summed E-state index contributed by atoms with van der Waals surface area (Å²) in [6.45, 7) is 2.63. The van der Waals surface area contributed by atoms with E-state index in [0.29, 0.717) is 47.0 Å². The highest BCUT2D eigenvalue weighted by molar-refractivity contribution is 6.36. The zero-order valence-corrected chi connectivity index (χ0v) is 21.8. The number of fused-ring (bicyclic) bond motifs is 4. The number of piperazine rings is 1. The van der Waals surface area contributed by atoms with E-state index in [2.05, 4.69) is 31.2 Å². The number of pyridine rings is 1. The third kappa shape index (κ3) is 5.07. The molecule has 2 saturated heterocycles. The molecular weight excluding hydrogens is 507 g/mol. The lowest BCUT2D eigenvalue weighted by Crippen LogP contribution is -2.51. The van der Waals surface area contributed by atoms with Crippen LogP contribution in [0.25, 0.3) is 32.9 Å². The molecule has 2 bridgehead atoms. The third-order valence-corrected chi connectivity index (χ3v) is 7.17. The van der Waals surface area contributed by atoms with E-state index in [9.17, 15) is 0 Å². The van der Waals surface area contributed by atoms with Crippen LogP contribution in [-0.4, -0.2) is 66.7 Å². The lowest BCUT2D eigenvalue weighted by Gasteiger charge is -2.34. The summed E-state index contributed by atoms with van der Waals surface area (Å²) in [5.74, 6) is 0.164. The minimum absolute atomic E-state index is 0.167. The first-order valence-electron chi connectivity index (χ1n) is 12.6. The number of halogens is 2. The number of hydrogen-bond donors (Lipinski definition) is 4. The molecule has 11 heteroatoms. The lowest BCUT2D eigenvalue weighted by molar-refractivity contribution is 0.294. The first kappa shape index (κ1) is 26.0. The van der Waals surface area contributed by atoms with Crippen LogP contribution in [0.2, 0.25) is 5.02 Å². The van der Waals surface area contributed by atoms with Gasteiger partial charge in [-0.25, -0.2) is 4.39 Å². The summed E-state index contributed by atoms with van der Waals surface area (Å²) in [4.78, 5) is 16.0. The van der Waals surface area contributed by atoms with Crippen molar-refractivity contribution in [3.05, 3.63) is 53.4 Å². The molecule has 4 heterocycles. The van der Waals surface area contributed by atoms with E-state index in [0.717, 1.165) is 43.0 Å². The lowest BCUT2D eigenvalue weighted by atomic mass is 10.0. The number of nitrogens with zero attached hydrogens (tertiary/aromatic N) is 4. The number of likely N-dealkylation sites (N-methyl/N-ethyl adjacent to an activating group) is 1. The first-order chi connectivity index (χ1) is 18.5. The number of anilines is 1.